The number of ether oxygens (including phenoxy) is 2. The third-order valence-electron chi connectivity index (χ3n) is 5.49. The van der Waals surface area contributed by atoms with Gasteiger partial charge in [-0.05, 0) is 54.6 Å². The second-order valence-electron chi connectivity index (χ2n) is 7.66. The van der Waals surface area contributed by atoms with Gasteiger partial charge < -0.3 is 9.47 Å². The van der Waals surface area contributed by atoms with Crippen molar-refractivity contribution in [1.82, 2.24) is 4.90 Å². The van der Waals surface area contributed by atoms with Crippen LogP contribution in [-0.4, -0.2) is 17.4 Å². The molecule has 0 unspecified atom stereocenters. The second-order valence-corrected chi connectivity index (χ2v) is 9.05. The van der Waals surface area contributed by atoms with E-state index < -0.39 is 0 Å². The summed E-state index contributed by atoms with van der Waals surface area (Å²) in [5, 5.41) is 2.74. The number of Topliss-reactive ketones (excluding diaryl/α,β-unsaturated/α-hetero) is 1. The zero-order valence-corrected chi connectivity index (χ0v) is 18.3. The highest BCUT2D eigenvalue weighted by atomic mass is 35.5. The van der Waals surface area contributed by atoms with Gasteiger partial charge >= 0.3 is 0 Å². The number of thiophene rings is 1. The molecule has 0 amide bonds. The number of carbonyl (C=O) groups excluding carboxylic acids is 1. The average molecular weight is 438 g/mol. The number of rotatable bonds is 3. The standard InChI is InChI=1S/C24H20ClNO3S/c1-14-7-8-30-21(14)10-20-22(27)19-9-17-12-26(11-16-3-5-18(25)6-4-16)13-28-23(17)15(2)24(19)29-20/h3-10H,11-13H2,1-2H3/b20-10-. The first-order valence-electron chi connectivity index (χ1n) is 9.74. The lowest BCUT2D eigenvalue weighted by atomic mass is 10.00. The lowest BCUT2D eigenvalue weighted by Gasteiger charge is -2.30. The second kappa shape index (κ2) is 7.58. The zero-order chi connectivity index (χ0) is 20.8. The number of fused-ring (bicyclic) bond motifs is 2. The Morgan fingerprint density at radius 3 is 2.70 bits per heavy atom. The monoisotopic (exact) mass is 437 g/mol. The first-order valence-corrected chi connectivity index (χ1v) is 11.0. The van der Waals surface area contributed by atoms with Gasteiger partial charge in [-0.25, -0.2) is 0 Å². The molecule has 6 heteroatoms. The molecule has 0 radical (unpaired) electrons. The van der Waals surface area contributed by atoms with Gasteiger partial charge in [0.25, 0.3) is 0 Å². The minimum absolute atomic E-state index is 0.0708. The van der Waals surface area contributed by atoms with Crippen molar-refractivity contribution >= 4 is 34.8 Å². The maximum atomic E-state index is 13.0. The van der Waals surface area contributed by atoms with Gasteiger partial charge in [-0.2, -0.15) is 0 Å². The fourth-order valence-electron chi connectivity index (χ4n) is 3.90. The Morgan fingerprint density at radius 1 is 1.17 bits per heavy atom. The summed E-state index contributed by atoms with van der Waals surface area (Å²) in [6, 6.07) is 11.8. The summed E-state index contributed by atoms with van der Waals surface area (Å²) in [6.07, 6.45) is 1.84. The van der Waals surface area contributed by atoms with Crippen molar-refractivity contribution in [3.05, 3.63) is 85.3 Å². The van der Waals surface area contributed by atoms with Crippen molar-refractivity contribution < 1.29 is 14.3 Å². The molecular formula is C24H20ClNO3S. The Labute approximate surface area is 184 Å². The molecule has 0 aliphatic carbocycles. The first-order chi connectivity index (χ1) is 14.5. The van der Waals surface area contributed by atoms with Crippen LogP contribution in [0.15, 0.2) is 47.5 Å². The van der Waals surface area contributed by atoms with Crippen molar-refractivity contribution in [2.24, 2.45) is 0 Å². The van der Waals surface area contributed by atoms with Crippen molar-refractivity contribution in [2.45, 2.75) is 26.9 Å². The van der Waals surface area contributed by atoms with Crippen molar-refractivity contribution in [3.63, 3.8) is 0 Å². The summed E-state index contributed by atoms with van der Waals surface area (Å²) in [4.78, 5) is 16.3. The van der Waals surface area contributed by atoms with E-state index in [4.69, 9.17) is 21.1 Å². The molecular weight excluding hydrogens is 418 g/mol. The van der Waals surface area contributed by atoms with Gasteiger partial charge in [-0.1, -0.05) is 23.7 Å². The highest BCUT2D eigenvalue weighted by Gasteiger charge is 2.33. The van der Waals surface area contributed by atoms with E-state index in [1.54, 1.807) is 11.3 Å². The normalized spacial score (nSPS) is 16.9. The molecule has 3 heterocycles. The Kier molecular flexibility index (Phi) is 4.89. The number of ketones is 1. The number of hydrogen-bond acceptors (Lipinski definition) is 5. The van der Waals surface area contributed by atoms with E-state index in [-0.39, 0.29) is 5.78 Å². The predicted octanol–water partition coefficient (Wildman–Crippen LogP) is 5.99. The van der Waals surface area contributed by atoms with Gasteiger partial charge in [0.1, 0.15) is 18.2 Å². The number of allylic oxidation sites excluding steroid dienone is 1. The summed E-state index contributed by atoms with van der Waals surface area (Å²) < 4.78 is 12.1. The van der Waals surface area contributed by atoms with Gasteiger partial charge in [0.15, 0.2) is 5.76 Å². The van der Waals surface area contributed by atoms with Crippen LogP contribution in [0.25, 0.3) is 6.08 Å². The SMILES string of the molecule is Cc1ccsc1/C=C1\Oc2c(cc3c(c2C)OCN(Cc2ccc(Cl)cc2)C3)C1=O. The van der Waals surface area contributed by atoms with E-state index in [1.807, 2.05) is 61.7 Å². The molecule has 0 N–H and O–H groups in total. The van der Waals surface area contributed by atoms with Crippen molar-refractivity contribution in [2.75, 3.05) is 6.73 Å². The quantitative estimate of drug-likeness (QED) is 0.472. The number of hydrogen-bond donors (Lipinski definition) is 0. The number of nitrogens with zero attached hydrogens (tertiary/aromatic N) is 1. The van der Waals surface area contributed by atoms with E-state index in [1.165, 1.54) is 5.56 Å². The Balaban J connectivity index is 1.42. The van der Waals surface area contributed by atoms with Gasteiger partial charge in [-0.15, -0.1) is 11.3 Å². The zero-order valence-electron chi connectivity index (χ0n) is 16.7. The predicted molar refractivity (Wildman–Crippen MR) is 119 cm³/mol. The largest absolute Gasteiger partial charge is 0.477 e. The maximum absolute atomic E-state index is 13.0. The first kappa shape index (κ1) is 19.4. The van der Waals surface area contributed by atoms with Crippen LogP contribution in [0.1, 0.15) is 37.5 Å². The third kappa shape index (κ3) is 3.43. The molecule has 0 bridgehead atoms. The van der Waals surface area contributed by atoms with E-state index >= 15 is 0 Å². The fourth-order valence-corrected chi connectivity index (χ4v) is 4.87. The molecule has 152 valence electrons. The summed E-state index contributed by atoms with van der Waals surface area (Å²) >= 11 is 7.59. The van der Waals surface area contributed by atoms with Crippen LogP contribution in [0.3, 0.4) is 0 Å². The van der Waals surface area contributed by atoms with Crippen LogP contribution >= 0.6 is 22.9 Å². The molecule has 0 spiro atoms. The van der Waals surface area contributed by atoms with Gasteiger partial charge in [0.05, 0.1) is 5.56 Å². The fraction of sp³-hybridized carbons (Fsp3) is 0.208. The molecule has 0 fully saturated rings. The summed E-state index contributed by atoms with van der Waals surface area (Å²) in [5.74, 6) is 1.74. The van der Waals surface area contributed by atoms with Gasteiger partial charge in [-0.3, -0.25) is 9.69 Å². The highest BCUT2D eigenvalue weighted by Crippen LogP contribution is 2.43. The van der Waals surface area contributed by atoms with Crippen LogP contribution in [0.2, 0.25) is 5.02 Å². The smallest absolute Gasteiger partial charge is 0.232 e. The van der Waals surface area contributed by atoms with E-state index in [9.17, 15) is 4.79 Å². The van der Waals surface area contributed by atoms with Gasteiger partial charge in [0, 0.05) is 40.2 Å². The van der Waals surface area contributed by atoms with E-state index in [0.29, 0.717) is 30.3 Å². The van der Waals surface area contributed by atoms with Crippen LogP contribution < -0.4 is 9.47 Å². The molecule has 4 nitrogen and oxygen atoms in total. The molecule has 2 aliphatic heterocycles. The van der Waals surface area contributed by atoms with E-state index in [0.717, 1.165) is 38.9 Å². The topological polar surface area (TPSA) is 38.8 Å². The molecule has 30 heavy (non-hydrogen) atoms. The lowest BCUT2D eigenvalue weighted by Crippen LogP contribution is -2.32. The molecule has 2 aromatic carbocycles. The lowest BCUT2D eigenvalue weighted by molar-refractivity contribution is 0.0876. The van der Waals surface area contributed by atoms with Crippen LogP contribution in [-0.2, 0) is 13.1 Å². The summed E-state index contributed by atoms with van der Waals surface area (Å²) in [7, 11) is 0. The Bertz CT molecular complexity index is 1180. The maximum Gasteiger partial charge on any atom is 0.232 e. The van der Waals surface area contributed by atoms with Gasteiger partial charge in [0.2, 0.25) is 5.78 Å². The number of halogens is 1. The molecule has 0 saturated heterocycles. The van der Waals surface area contributed by atoms with Crippen molar-refractivity contribution in [3.8, 4) is 11.5 Å². The van der Waals surface area contributed by atoms with E-state index in [2.05, 4.69) is 4.90 Å². The highest BCUT2D eigenvalue weighted by molar-refractivity contribution is 7.11. The van der Waals surface area contributed by atoms with Crippen LogP contribution in [0.5, 0.6) is 11.5 Å². The Morgan fingerprint density at radius 2 is 1.97 bits per heavy atom. The molecule has 0 atom stereocenters. The Hall–Kier alpha value is -2.60. The summed E-state index contributed by atoms with van der Waals surface area (Å²) in [5.41, 5.74) is 4.81. The minimum Gasteiger partial charge on any atom is -0.477 e. The number of aryl methyl sites for hydroxylation is 1. The van der Waals surface area contributed by atoms with Crippen LogP contribution in [0, 0.1) is 13.8 Å². The number of carbonyl (C=O) groups is 1. The summed E-state index contributed by atoms with van der Waals surface area (Å²) in [6.45, 7) is 5.93. The molecule has 1 aromatic heterocycles. The third-order valence-corrected chi connectivity index (χ3v) is 6.70. The molecule has 5 rings (SSSR count). The molecule has 0 saturated carbocycles. The molecule has 2 aliphatic rings. The average Bonchev–Trinajstić information content (AvgIpc) is 3.28. The van der Waals surface area contributed by atoms with Crippen molar-refractivity contribution in [1.29, 1.82) is 0 Å². The number of benzene rings is 2. The van der Waals surface area contributed by atoms with Crippen LogP contribution in [0.4, 0.5) is 0 Å². The minimum atomic E-state index is -0.0708. The molecule has 3 aromatic rings.